The molecule has 1 amide bonds. The van der Waals surface area contributed by atoms with Crippen LogP contribution in [0.4, 0.5) is 0 Å². The molecule has 5 nitrogen and oxygen atoms in total. The first-order chi connectivity index (χ1) is 14.0. The summed E-state index contributed by atoms with van der Waals surface area (Å²) in [5, 5.41) is 0. The minimum Gasteiger partial charge on any atom is -0.489 e. The van der Waals surface area contributed by atoms with Crippen LogP contribution in [0.2, 0.25) is 0 Å². The zero-order valence-corrected chi connectivity index (χ0v) is 17.6. The van der Waals surface area contributed by atoms with Gasteiger partial charge in [-0.25, -0.2) is 4.98 Å². The molecule has 0 aliphatic heterocycles. The Hall–Kier alpha value is -3.12. The van der Waals surface area contributed by atoms with E-state index in [0.29, 0.717) is 18.7 Å². The number of aromatic nitrogens is 2. The van der Waals surface area contributed by atoms with Gasteiger partial charge in [0.25, 0.3) is 5.91 Å². The third-order valence-corrected chi connectivity index (χ3v) is 5.76. The molecule has 0 radical (unpaired) electrons. The quantitative estimate of drug-likeness (QED) is 0.460. The van der Waals surface area contributed by atoms with E-state index in [0.717, 1.165) is 27.7 Å². The van der Waals surface area contributed by atoms with Crippen LogP contribution in [0, 0.1) is 13.8 Å². The van der Waals surface area contributed by atoms with E-state index in [-0.39, 0.29) is 5.91 Å². The summed E-state index contributed by atoms with van der Waals surface area (Å²) in [5.74, 6) is 0.756. The van der Waals surface area contributed by atoms with E-state index in [4.69, 9.17) is 4.74 Å². The molecule has 0 unspecified atom stereocenters. The highest BCUT2D eigenvalue weighted by molar-refractivity contribution is 7.17. The normalized spacial score (nSPS) is 11.0. The largest absolute Gasteiger partial charge is 0.489 e. The fraction of sp³-hybridized carbons (Fsp3) is 0.217. The molecule has 0 fully saturated rings. The van der Waals surface area contributed by atoms with Crippen molar-refractivity contribution in [3.63, 3.8) is 0 Å². The van der Waals surface area contributed by atoms with Gasteiger partial charge in [-0.3, -0.25) is 9.20 Å². The summed E-state index contributed by atoms with van der Waals surface area (Å²) in [6.45, 7) is 4.90. The standard InChI is InChI=1S/C23H23N3O2S/c1-16-13-26-21(17(2)24-23(26)29-16)14-25(3)22(27)20-12-8-7-9-18(20)15-28-19-10-5-4-6-11-19/h4-13H,14-15H2,1-3H3. The third-order valence-electron chi connectivity index (χ3n) is 4.86. The fourth-order valence-electron chi connectivity index (χ4n) is 3.33. The Morgan fingerprint density at radius 3 is 2.62 bits per heavy atom. The summed E-state index contributed by atoms with van der Waals surface area (Å²) in [6.07, 6.45) is 2.08. The van der Waals surface area contributed by atoms with E-state index in [1.165, 1.54) is 4.88 Å². The molecule has 2 heterocycles. The lowest BCUT2D eigenvalue weighted by atomic mass is 10.1. The number of benzene rings is 2. The SMILES string of the molecule is Cc1cn2c(CN(C)C(=O)c3ccccc3COc3ccccc3)c(C)nc2s1. The number of imidazole rings is 1. The number of amides is 1. The molecular weight excluding hydrogens is 382 g/mol. The Labute approximate surface area is 174 Å². The van der Waals surface area contributed by atoms with Gasteiger partial charge in [0.05, 0.1) is 17.9 Å². The summed E-state index contributed by atoms with van der Waals surface area (Å²) in [7, 11) is 1.83. The molecule has 148 valence electrons. The highest BCUT2D eigenvalue weighted by Crippen LogP contribution is 2.22. The third kappa shape index (κ3) is 4.03. The summed E-state index contributed by atoms with van der Waals surface area (Å²) in [5.41, 5.74) is 3.52. The van der Waals surface area contributed by atoms with Crippen molar-refractivity contribution in [2.75, 3.05) is 7.05 Å². The van der Waals surface area contributed by atoms with Crippen molar-refractivity contribution < 1.29 is 9.53 Å². The molecule has 2 aromatic heterocycles. The number of nitrogens with zero attached hydrogens (tertiary/aromatic N) is 3. The first-order valence-electron chi connectivity index (χ1n) is 9.48. The molecule has 0 spiro atoms. The second-order valence-corrected chi connectivity index (χ2v) is 8.27. The van der Waals surface area contributed by atoms with Crippen LogP contribution in [0.5, 0.6) is 5.75 Å². The summed E-state index contributed by atoms with van der Waals surface area (Å²) in [6, 6.07) is 17.2. The van der Waals surface area contributed by atoms with E-state index in [2.05, 4.69) is 22.5 Å². The van der Waals surface area contributed by atoms with Gasteiger partial charge in [-0.05, 0) is 32.0 Å². The monoisotopic (exact) mass is 405 g/mol. The van der Waals surface area contributed by atoms with Crippen LogP contribution in [0.3, 0.4) is 0 Å². The van der Waals surface area contributed by atoms with E-state index >= 15 is 0 Å². The predicted octanol–water partition coefficient (Wildman–Crippen LogP) is 4.86. The second-order valence-electron chi connectivity index (χ2n) is 7.06. The molecule has 6 heteroatoms. The lowest BCUT2D eigenvalue weighted by Crippen LogP contribution is -2.28. The van der Waals surface area contributed by atoms with Gasteiger partial charge >= 0.3 is 0 Å². The smallest absolute Gasteiger partial charge is 0.254 e. The molecule has 0 atom stereocenters. The van der Waals surface area contributed by atoms with E-state index < -0.39 is 0 Å². The number of para-hydroxylation sites is 1. The number of rotatable bonds is 6. The van der Waals surface area contributed by atoms with Crippen LogP contribution in [0.15, 0.2) is 60.8 Å². The fourth-order valence-corrected chi connectivity index (χ4v) is 4.22. The summed E-state index contributed by atoms with van der Waals surface area (Å²) < 4.78 is 7.95. The summed E-state index contributed by atoms with van der Waals surface area (Å²) in [4.78, 5) is 21.7. The van der Waals surface area contributed by atoms with E-state index in [9.17, 15) is 4.79 Å². The lowest BCUT2D eigenvalue weighted by Gasteiger charge is -2.19. The van der Waals surface area contributed by atoms with Crippen LogP contribution in [-0.4, -0.2) is 27.2 Å². The van der Waals surface area contributed by atoms with Gasteiger partial charge in [-0.1, -0.05) is 36.4 Å². The molecule has 4 rings (SSSR count). The number of hydrogen-bond acceptors (Lipinski definition) is 4. The minimum atomic E-state index is -0.0291. The highest BCUT2D eigenvalue weighted by Gasteiger charge is 2.19. The Morgan fingerprint density at radius 1 is 1.10 bits per heavy atom. The van der Waals surface area contributed by atoms with Crippen LogP contribution in [-0.2, 0) is 13.2 Å². The maximum absolute atomic E-state index is 13.2. The number of ether oxygens (including phenoxy) is 1. The maximum Gasteiger partial charge on any atom is 0.254 e. The molecule has 0 saturated heterocycles. The Morgan fingerprint density at radius 2 is 1.83 bits per heavy atom. The topological polar surface area (TPSA) is 46.8 Å². The van der Waals surface area contributed by atoms with Crippen molar-refractivity contribution in [2.24, 2.45) is 0 Å². The van der Waals surface area contributed by atoms with Gasteiger partial charge in [0.1, 0.15) is 12.4 Å². The molecule has 29 heavy (non-hydrogen) atoms. The maximum atomic E-state index is 13.2. The van der Waals surface area contributed by atoms with Crippen LogP contribution < -0.4 is 4.74 Å². The molecular formula is C23H23N3O2S. The predicted molar refractivity (Wildman–Crippen MR) is 116 cm³/mol. The van der Waals surface area contributed by atoms with Crippen LogP contribution in [0.1, 0.15) is 32.2 Å². The summed E-state index contributed by atoms with van der Waals surface area (Å²) >= 11 is 1.66. The van der Waals surface area contributed by atoms with Crippen molar-refractivity contribution >= 4 is 22.2 Å². The zero-order valence-electron chi connectivity index (χ0n) is 16.8. The number of thiazole rings is 1. The number of carbonyl (C=O) groups is 1. The van der Waals surface area contributed by atoms with Crippen molar-refractivity contribution in [1.82, 2.24) is 14.3 Å². The average molecular weight is 406 g/mol. The number of hydrogen-bond donors (Lipinski definition) is 0. The minimum absolute atomic E-state index is 0.0291. The molecule has 4 aromatic rings. The Kier molecular flexibility index (Phi) is 5.36. The molecule has 0 saturated carbocycles. The van der Waals surface area contributed by atoms with Gasteiger partial charge in [-0.15, -0.1) is 11.3 Å². The number of aryl methyl sites for hydroxylation is 2. The highest BCUT2D eigenvalue weighted by atomic mass is 32.1. The van der Waals surface area contributed by atoms with Crippen LogP contribution >= 0.6 is 11.3 Å². The van der Waals surface area contributed by atoms with Gasteiger partial charge in [0.15, 0.2) is 4.96 Å². The number of carbonyl (C=O) groups excluding carboxylic acids is 1. The van der Waals surface area contributed by atoms with Crippen molar-refractivity contribution in [3.05, 3.63) is 88.2 Å². The zero-order chi connectivity index (χ0) is 20.4. The molecule has 0 aliphatic rings. The first kappa shape index (κ1) is 19.2. The van der Waals surface area contributed by atoms with Crippen molar-refractivity contribution in [1.29, 1.82) is 0 Å². The van der Waals surface area contributed by atoms with Gasteiger partial charge < -0.3 is 9.64 Å². The average Bonchev–Trinajstić information content (AvgIpc) is 3.22. The second kappa shape index (κ2) is 8.09. The van der Waals surface area contributed by atoms with Crippen molar-refractivity contribution in [2.45, 2.75) is 27.0 Å². The van der Waals surface area contributed by atoms with Crippen LogP contribution in [0.25, 0.3) is 4.96 Å². The van der Waals surface area contributed by atoms with E-state index in [1.54, 1.807) is 16.2 Å². The molecule has 2 aromatic carbocycles. The molecule has 0 bridgehead atoms. The van der Waals surface area contributed by atoms with Crippen molar-refractivity contribution in [3.8, 4) is 5.75 Å². The number of fused-ring (bicyclic) bond motifs is 1. The molecule has 0 aliphatic carbocycles. The lowest BCUT2D eigenvalue weighted by molar-refractivity contribution is 0.0780. The Bertz CT molecular complexity index is 1150. The van der Waals surface area contributed by atoms with Gasteiger partial charge in [0, 0.05) is 29.2 Å². The van der Waals surface area contributed by atoms with Gasteiger partial charge in [0.2, 0.25) is 0 Å². The molecule has 0 N–H and O–H groups in total. The van der Waals surface area contributed by atoms with E-state index in [1.807, 2.05) is 68.6 Å². The van der Waals surface area contributed by atoms with Gasteiger partial charge in [-0.2, -0.15) is 0 Å². The Balaban J connectivity index is 1.53. The first-order valence-corrected chi connectivity index (χ1v) is 10.3.